The van der Waals surface area contributed by atoms with E-state index in [0.717, 1.165) is 0 Å². The van der Waals surface area contributed by atoms with Crippen molar-refractivity contribution in [2.24, 2.45) is 0 Å². The second-order valence-electron chi connectivity index (χ2n) is 2.09. The fourth-order valence-corrected chi connectivity index (χ4v) is 0.589. The first-order valence-electron chi connectivity index (χ1n) is 3.76. The predicted octanol–water partition coefficient (Wildman–Crippen LogP) is 3.69. The van der Waals surface area contributed by atoms with Crippen molar-refractivity contribution in [3.63, 3.8) is 0 Å². The molecule has 1 heteroatoms. The normalized spacial score (nSPS) is 6.77. The van der Waals surface area contributed by atoms with E-state index < -0.39 is 0 Å². The van der Waals surface area contributed by atoms with E-state index in [0.29, 0.717) is 0 Å². The Morgan fingerprint density at radius 2 is 1.31 bits per heavy atom. The monoisotopic (exact) mass is 260 g/mol. The van der Waals surface area contributed by atoms with E-state index in [1.54, 1.807) is 12.2 Å². The van der Waals surface area contributed by atoms with Crippen LogP contribution in [0.15, 0.2) is 62.2 Å². The minimum atomic E-state index is 0. The third kappa shape index (κ3) is 8.97. The van der Waals surface area contributed by atoms with Crippen molar-refractivity contribution in [2.45, 2.75) is 0 Å². The molecule has 0 unspecified atom stereocenters. The van der Waals surface area contributed by atoms with Gasteiger partial charge in [-0.25, -0.2) is 0 Å². The zero-order valence-electron chi connectivity index (χ0n) is 7.59. The SMILES string of the molecule is C=CC=C.C=Cc1ccccc1.[Ru]. The standard InChI is InChI=1S/C8H8.C4H6.Ru/c1-2-8-6-4-3-5-7-8;1-3-4-2;/h2-7H,1H2;3-4H,1-2H2;. The fourth-order valence-electron chi connectivity index (χ4n) is 0.589. The van der Waals surface area contributed by atoms with Crippen LogP contribution < -0.4 is 0 Å². The molecule has 1 rings (SSSR count). The quantitative estimate of drug-likeness (QED) is 0.561. The summed E-state index contributed by atoms with van der Waals surface area (Å²) in [5, 5.41) is 0. The summed E-state index contributed by atoms with van der Waals surface area (Å²) in [4.78, 5) is 0. The van der Waals surface area contributed by atoms with E-state index in [-0.39, 0.29) is 19.5 Å². The number of hydrogen-bond donors (Lipinski definition) is 0. The molecule has 0 N–H and O–H groups in total. The van der Waals surface area contributed by atoms with E-state index in [1.807, 2.05) is 36.4 Å². The fraction of sp³-hybridized carbons (Fsp3) is 0. The molecule has 0 radical (unpaired) electrons. The van der Waals surface area contributed by atoms with Crippen LogP contribution in [0.4, 0.5) is 0 Å². The molecule has 0 atom stereocenters. The predicted molar refractivity (Wildman–Crippen MR) is 56.9 cm³/mol. The number of benzene rings is 1. The summed E-state index contributed by atoms with van der Waals surface area (Å²) in [5.74, 6) is 0. The van der Waals surface area contributed by atoms with Crippen LogP contribution in [0.5, 0.6) is 0 Å². The molecule has 0 aliphatic heterocycles. The van der Waals surface area contributed by atoms with Gasteiger partial charge in [-0.3, -0.25) is 0 Å². The summed E-state index contributed by atoms with van der Waals surface area (Å²) in [6.07, 6.45) is 5.11. The Hall–Kier alpha value is -0.937. The summed E-state index contributed by atoms with van der Waals surface area (Å²) in [7, 11) is 0. The first-order valence-corrected chi connectivity index (χ1v) is 3.76. The zero-order valence-corrected chi connectivity index (χ0v) is 9.33. The van der Waals surface area contributed by atoms with E-state index >= 15 is 0 Å². The van der Waals surface area contributed by atoms with Gasteiger partial charge in [-0.1, -0.05) is 68.3 Å². The number of hydrogen-bond acceptors (Lipinski definition) is 0. The van der Waals surface area contributed by atoms with Gasteiger partial charge in [-0.15, -0.1) is 0 Å². The van der Waals surface area contributed by atoms with Crippen LogP contribution in [0.3, 0.4) is 0 Å². The maximum Gasteiger partial charge on any atom is 0 e. The molecule has 70 valence electrons. The van der Waals surface area contributed by atoms with Crippen LogP contribution in [0.25, 0.3) is 6.08 Å². The minimum absolute atomic E-state index is 0. The van der Waals surface area contributed by atoms with Crippen molar-refractivity contribution in [1.29, 1.82) is 0 Å². The molecule has 0 nitrogen and oxygen atoms in total. The van der Waals surface area contributed by atoms with Gasteiger partial charge in [0.05, 0.1) is 0 Å². The van der Waals surface area contributed by atoms with Crippen molar-refractivity contribution in [2.75, 3.05) is 0 Å². The van der Waals surface area contributed by atoms with Crippen molar-refractivity contribution >= 4 is 6.08 Å². The van der Waals surface area contributed by atoms with Crippen LogP contribution in [-0.4, -0.2) is 0 Å². The molecule has 0 heterocycles. The summed E-state index contributed by atoms with van der Waals surface area (Å²) in [5.41, 5.74) is 1.17. The Morgan fingerprint density at radius 3 is 1.54 bits per heavy atom. The van der Waals surface area contributed by atoms with Gasteiger partial charge in [0.15, 0.2) is 0 Å². The van der Waals surface area contributed by atoms with Crippen molar-refractivity contribution in [3.05, 3.63) is 67.8 Å². The molecule has 0 amide bonds. The third-order valence-electron chi connectivity index (χ3n) is 1.20. The van der Waals surface area contributed by atoms with Gasteiger partial charge < -0.3 is 0 Å². The molecule has 13 heavy (non-hydrogen) atoms. The topological polar surface area (TPSA) is 0 Å². The third-order valence-corrected chi connectivity index (χ3v) is 1.20. The Morgan fingerprint density at radius 1 is 0.846 bits per heavy atom. The van der Waals surface area contributed by atoms with E-state index in [1.165, 1.54) is 5.56 Å². The molecule has 0 bridgehead atoms. The van der Waals surface area contributed by atoms with Gasteiger partial charge in [0.2, 0.25) is 0 Å². The van der Waals surface area contributed by atoms with Gasteiger partial charge >= 0.3 is 0 Å². The Balaban J connectivity index is 0. The van der Waals surface area contributed by atoms with Gasteiger partial charge in [0.25, 0.3) is 0 Å². The number of rotatable bonds is 2. The van der Waals surface area contributed by atoms with Crippen LogP contribution in [0, 0.1) is 0 Å². The van der Waals surface area contributed by atoms with Crippen LogP contribution in [-0.2, 0) is 19.5 Å². The van der Waals surface area contributed by atoms with E-state index in [4.69, 9.17) is 0 Å². The molecule has 1 aromatic carbocycles. The van der Waals surface area contributed by atoms with Gasteiger partial charge in [-0.05, 0) is 5.56 Å². The van der Waals surface area contributed by atoms with Crippen molar-refractivity contribution in [1.82, 2.24) is 0 Å². The largest absolute Gasteiger partial charge is 0.0991 e. The average Bonchev–Trinajstić information content (AvgIpc) is 2.19. The number of allylic oxidation sites excluding steroid dienone is 2. The summed E-state index contributed by atoms with van der Waals surface area (Å²) < 4.78 is 0. The first kappa shape index (κ1) is 14.6. The molecule has 0 aliphatic rings. The minimum Gasteiger partial charge on any atom is -0.0991 e. The van der Waals surface area contributed by atoms with Crippen LogP contribution in [0.2, 0.25) is 0 Å². The molecule has 0 saturated carbocycles. The molecule has 0 aromatic heterocycles. The average molecular weight is 259 g/mol. The van der Waals surface area contributed by atoms with E-state index in [9.17, 15) is 0 Å². The second kappa shape index (κ2) is 11.1. The molecule has 0 fully saturated rings. The van der Waals surface area contributed by atoms with Crippen LogP contribution >= 0.6 is 0 Å². The van der Waals surface area contributed by atoms with E-state index in [2.05, 4.69) is 19.7 Å². The first-order chi connectivity index (χ1) is 5.85. The maximum absolute atomic E-state index is 3.63. The van der Waals surface area contributed by atoms with Crippen molar-refractivity contribution < 1.29 is 19.5 Å². The van der Waals surface area contributed by atoms with Crippen molar-refractivity contribution in [3.8, 4) is 0 Å². The summed E-state index contributed by atoms with van der Waals surface area (Å²) >= 11 is 0. The molecule has 0 saturated heterocycles. The smallest absolute Gasteiger partial charge is 0 e. The molecule has 0 aliphatic carbocycles. The van der Waals surface area contributed by atoms with Crippen LogP contribution in [0.1, 0.15) is 5.56 Å². The molecule has 0 spiro atoms. The van der Waals surface area contributed by atoms with Gasteiger partial charge in [0, 0.05) is 19.5 Å². The Bertz CT molecular complexity index is 231. The Labute approximate surface area is 93.4 Å². The van der Waals surface area contributed by atoms with Gasteiger partial charge in [0.1, 0.15) is 0 Å². The summed E-state index contributed by atoms with van der Waals surface area (Å²) in [6.45, 7) is 10.4. The molecule has 1 aromatic rings. The second-order valence-corrected chi connectivity index (χ2v) is 2.09. The maximum atomic E-state index is 3.63. The van der Waals surface area contributed by atoms with Gasteiger partial charge in [-0.2, -0.15) is 0 Å². The Kier molecular flexibility index (Phi) is 12.4. The summed E-state index contributed by atoms with van der Waals surface area (Å²) in [6, 6.07) is 10.0. The zero-order chi connectivity index (χ0) is 9.23. The molecular weight excluding hydrogens is 245 g/mol. The molecular formula is C12H14Ru.